The molecule has 1 heterocycles. The Morgan fingerprint density at radius 1 is 1.31 bits per heavy atom. The Hall–Kier alpha value is -1.35. The molecule has 0 fully saturated rings. The summed E-state index contributed by atoms with van der Waals surface area (Å²) in [5.74, 6) is -0.454. The summed E-state index contributed by atoms with van der Waals surface area (Å²) in [5, 5.41) is 10.5. The quantitative estimate of drug-likeness (QED) is 0.509. The molecule has 0 saturated carbocycles. The van der Waals surface area contributed by atoms with Crippen molar-refractivity contribution in [3.63, 3.8) is 0 Å². The average Bonchev–Trinajstić information content (AvgIpc) is 2.08. The average molecular weight is 199 g/mol. The van der Waals surface area contributed by atoms with Crippen LogP contribution in [-0.4, -0.2) is 5.21 Å². The summed E-state index contributed by atoms with van der Waals surface area (Å²) < 4.78 is 13.8. The van der Waals surface area contributed by atoms with E-state index in [0.29, 0.717) is 10.8 Å². The lowest BCUT2D eigenvalue weighted by molar-refractivity contribution is -0.903. The normalized spacial score (nSPS) is 10.6. The van der Waals surface area contributed by atoms with Gasteiger partial charge in [0.2, 0.25) is 12.4 Å². The van der Waals surface area contributed by atoms with Crippen molar-refractivity contribution in [2.45, 2.75) is 0 Å². The molecule has 0 spiro atoms. The van der Waals surface area contributed by atoms with Gasteiger partial charge in [0.1, 0.15) is 5.82 Å². The van der Waals surface area contributed by atoms with Crippen molar-refractivity contribution in [1.82, 2.24) is 0 Å². The third-order valence-electron chi connectivity index (χ3n) is 1.80. The highest BCUT2D eigenvalue weighted by atomic mass is 35.5. The van der Waals surface area contributed by atoms with E-state index < -0.39 is 5.82 Å². The molecule has 0 aliphatic carbocycles. The summed E-state index contributed by atoms with van der Waals surface area (Å²) in [6.45, 7) is 0. The fourth-order valence-corrected chi connectivity index (χ4v) is 1.35. The summed E-state index contributed by atoms with van der Waals surface area (Å²) in [6.07, 6.45) is 2.89. The highest BCUT2D eigenvalue weighted by Gasteiger charge is 2.05. The zero-order valence-electron chi connectivity index (χ0n) is 6.54. The van der Waals surface area contributed by atoms with Crippen LogP contribution in [-0.2, 0) is 0 Å². The number of benzene rings is 1. The lowest BCUT2D eigenvalue weighted by Gasteiger charge is -1.96. The largest absolute Gasteiger partial charge is 0.285 e. The summed E-state index contributed by atoms with van der Waals surface area (Å²) >= 11 is 5.57. The number of rotatable bonds is 0. The molecule has 4 heteroatoms. The molecule has 66 valence electrons. The number of hydrogen-bond donors (Lipinski definition) is 1. The minimum absolute atomic E-state index is 0.0544. The topological polar surface area (TPSA) is 24.1 Å². The van der Waals surface area contributed by atoms with Gasteiger partial charge in [-0.2, -0.15) is 0 Å². The second-order valence-electron chi connectivity index (χ2n) is 2.72. The van der Waals surface area contributed by atoms with Gasteiger partial charge in [0.15, 0.2) is 0 Å². The fraction of sp³-hybridized carbons (Fsp3) is 0. The van der Waals surface area contributed by atoms with Crippen molar-refractivity contribution >= 4 is 22.4 Å². The van der Waals surface area contributed by atoms with Gasteiger partial charge < -0.3 is 0 Å². The monoisotopic (exact) mass is 198 g/mol. The first-order valence-electron chi connectivity index (χ1n) is 3.66. The molecule has 1 aromatic heterocycles. The van der Waals surface area contributed by atoms with E-state index in [1.807, 2.05) is 0 Å². The van der Waals surface area contributed by atoms with Gasteiger partial charge in [0.05, 0.1) is 10.4 Å². The number of nitrogens with zero attached hydrogens (tertiary/aromatic N) is 1. The molecule has 1 N–H and O–H groups in total. The molecule has 2 rings (SSSR count). The molecule has 13 heavy (non-hydrogen) atoms. The van der Waals surface area contributed by atoms with E-state index in [4.69, 9.17) is 16.8 Å². The molecule has 0 aliphatic heterocycles. The van der Waals surface area contributed by atoms with Crippen molar-refractivity contribution in [2.75, 3.05) is 0 Å². The van der Waals surface area contributed by atoms with Crippen LogP contribution in [0.3, 0.4) is 0 Å². The Bertz CT molecular complexity index is 472. The molecular formula is C9H6ClFNO+. The molecule has 1 aromatic carbocycles. The number of halogens is 2. The Balaban J connectivity index is 2.81. The van der Waals surface area contributed by atoms with Gasteiger partial charge in [0, 0.05) is 10.8 Å². The van der Waals surface area contributed by atoms with Crippen molar-refractivity contribution in [2.24, 2.45) is 0 Å². The SMILES string of the molecule is O[n+]1ccc2cc(F)c(Cl)cc2c1. The Kier molecular flexibility index (Phi) is 1.81. The maximum absolute atomic E-state index is 12.9. The van der Waals surface area contributed by atoms with Crippen LogP contribution in [0.1, 0.15) is 0 Å². The summed E-state index contributed by atoms with van der Waals surface area (Å²) in [6, 6.07) is 4.41. The van der Waals surface area contributed by atoms with E-state index in [-0.39, 0.29) is 5.02 Å². The zero-order chi connectivity index (χ0) is 9.42. The van der Waals surface area contributed by atoms with Crippen molar-refractivity contribution in [1.29, 1.82) is 0 Å². The molecule has 0 aliphatic rings. The molecule has 2 nitrogen and oxygen atoms in total. The van der Waals surface area contributed by atoms with Gasteiger partial charge >= 0.3 is 0 Å². The third kappa shape index (κ3) is 1.42. The fourth-order valence-electron chi connectivity index (χ4n) is 1.18. The van der Waals surface area contributed by atoms with Gasteiger partial charge in [-0.05, 0) is 17.5 Å². The van der Waals surface area contributed by atoms with Crippen LogP contribution in [0.5, 0.6) is 0 Å². The smallest absolute Gasteiger partial charge is 0.230 e. The summed E-state index contributed by atoms with van der Waals surface area (Å²) in [4.78, 5) is 0. The Morgan fingerprint density at radius 2 is 2.08 bits per heavy atom. The Morgan fingerprint density at radius 3 is 2.85 bits per heavy atom. The first kappa shape index (κ1) is 8.26. The van der Waals surface area contributed by atoms with Crippen LogP contribution in [0.4, 0.5) is 4.39 Å². The van der Waals surface area contributed by atoms with E-state index in [1.54, 1.807) is 6.07 Å². The maximum Gasteiger partial charge on any atom is 0.230 e. The molecule has 0 saturated heterocycles. The standard InChI is InChI=1S/C9H6ClFNO/c10-8-3-7-5-12(13)2-1-6(7)4-9(8)11/h1-5,13H/q+1. The van der Waals surface area contributed by atoms with Gasteiger partial charge in [-0.15, -0.1) is 0 Å². The van der Waals surface area contributed by atoms with Gasteiger partial charge in [-0.1, -0.05) is 11.6 Å². The van der Waals surface area contributed by atoms with Crippen LogP contribution in [0.2, 0.25) is 5.02 Å². The minimum Gasteiger partial charge on any atom is -0.285 e. The van der Waals surface area contributed by atoms with Crippen molar-refractivity contribution in [3.05, 3.63) is 41.4 Å². The molecule has 0 unspecified atom stereocenters. The van der Waals surface area contributed by atoms with Crippen LogP contribution in [0.15, 0.2) is 30.6 Å². The van der Waals surface area contributed by atoms with Crippen LogP contribution in [0.25, 0.3) is 10.8 Å². The maximum atomic E-state index is 12.9. The molecular weight excluding hydrogens is 193 g/mol. The van der Waals surface area contributed by atoms with Crippen LogP contribution in [0, 0.1) is 5.82 Å². The molecule has 2 aromatic rings. The summed E-state index contributed by atoms with van der Waals surface area (Å²) in [5.41, 5.74) is 0. The number of pyridine rings is 1. The second-order valence-corrected chi connectivity index (χ2v) is 3.13. The molecule has 0 atom stereocenters. The predicted molar refractivity (Wildman–Crippen MR) is 46.3 cm³/mol. The second kappa shape index (κ2) is 2.85. The van der Waals surface area contributed by atoms with Crippen LogP contribution >= 0.6 is 11.6 Å². The van der Waals surface area contributed by atoms with Crippen molar-refractivity contribution < 1.29 is 14.3 Å². The van der Waals surface area contributed by atoms with E-state index in [2.05, 4.69) is 0 Å². The zero-order valence-corrected chi connectivity index (χ0v) is 7.29. The lowest BCUT2D eigenvalue weighted by Crippen LogP contribution is -2.27. The number of fused-ring (bicyclic) bond motifs is 1. The molecule has 0 amide bonds. The lowest BCUT2D eigenvalue weighted by atomic mass is 10.2. The number of aromatic nitrogens is 1. The molecule has 0 bridgehead atoms. The van der Waals surface area contributed by atoms with Crippen molar-refractivity contribution in [3.8, 4) is 0 Å². The van der Waals surface area contributed by atoms with Gasteiger partial charge in [0.25, 0.3) is 0 Å². The summed E-state index contributed by atoms with van der Waals surface area (Å²) in [7, 11) is 0. The first-order chi connectivity index (χ1) is 6.16. The van der Waals surface area contributed by atoms with E-state index in [1.165, 1.54) is 24.5 Å². The highest BCUT2D eigenvalue weighted by molar-refractivity contribution is 6.31. The van der Waals surface area contributed by atoms with E-state index in [0.717, 1.165) is 4.73 Å². The van der Waals surface area contributed by atoms with Gasteiger partial charge in [-0.3, -0.25) is 5.21 Å². The Labute approximate surface area is 78.8 Å². The molecule has 0 radical (unpaired) electrons. The first-order valence-corrected chi connectivity index (χ1v) is 4.04. The number of hydrogen-bond acceptors (Lipinski definition) is 1. The minimum atomic E-state index is -0.454. The van der Waals surface area contributed by atoms with E-state index >= 15 is 0 Å². The van der Waals surface area contributed by atoms with Gasteiger partial charge in [-0.25, -0.2) is 4.39 Å². The van der Waals surface area contributed by atoms with E-state index in [9.17, 15) is 4.39 Å². The highest BCUT2D eigenvalue weighted by Crippen LogP contribution is 2.21. The van der Waals surface area contributed by atoms with Crippen LogP contribution < -0.4 is 4.73 Å². The third-order valence-corrected chi connectivity index (χ3v) is 2.09. The predicted octanol–water partition coefficient (Wildman–Crippen LogP) is 2.16.